The van der Waals surface area contributed by atoms with E-state index in [2.05, 4.69) is 0 Å². The smallest absolute Gasteiger partial charge is 0.316 e. The molecule has 1 heterocycles. The van der Waals surface area contributed by atoms with Crippen LogP contribution in [0.15, 0.2) is 18.2 Å². The van der Waals surface area contributed by atoms with Gasteiger partial charge in [0.25, 0.3) is 0 Å². The van der Waals surface area contributed by atoms with Crippen LogP contribution in [0.1, 0.15) is 52.5 Å². The van der Waals surface area contributed by atoms with E-state index < -0.39 is 11.2 Å². The predicted molar refractivity (Wildman–Crippen MR) is 80.7 cm³/mol. The maximum Gasteiger partial charge on any atom is 0.316 e. The third kappa shape index (κ3) is 2.59. The number of carbonyl (C=O) groups is 1. The molecule has 0 N–H and O–H groups in total. The van der Waals surface area contributed by atoms with E-state index in [4.69, 9.17) is 14.2 Å². The summed E-state index contributed by atoms with van der Waals surface area (Å²) in [6, 6.07) is 5.74. The van der Waals surface area contributed by atoms with Crippen LogP contribution in [-0.2, 0) is 14.9 Å². The maximum absolute atomic E-state index is 11.9. The molecular formula is C17H24O4. The maximum atomic E-state index is 11.9. The number of fused-ring (bicyclic) bond motifs is 1. The number of benzene rings is 1. The zero-order valence-electron chi connectivity index (χ0n) is 13.5. The van der Waals surface area contributed by atoms with Gasteiger partial charge in [-0.1, -0.05) is 26.8 Å². The highest BCUT2D eigenvalue weighted by Gasteiger charge is 2.53. The molecule has 1 saturated carbocycles. The van der Waals surface area contributed by atoms with Crippen molar-refractivity contribution in [2.45, 2.75) is 58.2 Å². The van der Waals surface area contributed by atoms with Crippen molar-refractivity contribution >= 4 is 5.97 Å². The molecular weight excluding hydrogens is 268 g/mol. The molecule has 1 aliphatic heterocycles. The van der Waals surface area contributed by atoms with Gasteiger partial charge in [0.2, 0.25) is 5.79 Å². The molecule has 0 bridgehead atoms. The highest BCUT2D eigenvalue weighted by molar-refractivity contribution is 5.86. The molecule has 1 fully saturated rings. The van der Waals surface area contributed by atoms with E-state index in [9.17, 15) is 4.79 Å². The van der Waals surface area contributed by atoms with Gasteiger partial charge in [0.15, 0.2) is 11.5 Å². The number of hydrogen-bond acceptors (Lipinski definition) is 4. The number of rotatable bonds is 3. The monoisotopic (exact) mass is 292 g/mol. The lowest BCUT2D eigenvalue weighted by atomic mass is 9.96. The fourth-order valence-electron chi connectivity index (χ4n) is 2.53. The first-order valence-electron chi connectivity index (χ1n) is 7.64. The largest absolute Gasteiger partial charge is 0.468 e. The van der Waals surface area contributed by atoms with Crippen molar-refractivity contribution in [1.82, 2.24) is 0 Å². The summed E-state index contributed by atoms with van der Waals surface area (Å²) < 4.78 is 16.5. The summed E-state index contributed by atoms with van der Waals surface area (Å²) in [6.45, 7) is 7.93. The second-order valence-corrected chi connectivity index (χ2v) is 5.43. The van der Waals surface area contributed by atoms with Crippen molar-refractivity contribution in [3.63, 3.8) is 0 Å². The molecule has 1 aromatic carbocycles. The molecule has 3 rings (SSSR count). The first-order valence-corrected chi connectivity index (χ1v) is 7.64. The first kappa shape index (κ1) is 15.7. The molecule has 0 radical (unpaired) electrons. The average Bonchev–Trinajstić information content (AvgIpc) is 3.25. The third-order valence-electron chi connectivity index (χ3n) is 4.12. The molecule has 1 atom stereocenters. The zero-order chi connectivity index (χ0) is 15.7. The first-order chi connectivity index (χ1) is 10.0. The quantitative estimate of drug-likeness (QED) is 0.795. The van der Waals surface area contributed by atoms with Gasteiger partial charge in [-0.3, -0.25) is 4.79 Å². The van der Waals surface area contributed by atoms with Gasteiger partial charge < -0.3 is 14.2 Å². The topological polar surface area (TPSA) is 44.8 Å². The number of hydrogen-bond donors (Lipinski definition) is 0. The molecule has 1 aliphatic carbocycles. The molecule has 2 aliphatic rings. The number of esters is 1. The van der Waals surface area contributed by atoms with E-state index in [1.165, 1.54) is 7.11 Å². The minimum Gasteiger partial charge on any atom is -0.468 e. The molecule has 4 nitrogen and oxygen atoms in total. The predicted octanol–water partition coefficient (Wildman–Crippen LogP) is 3.81. The third-order valence-corrected chi connectivity index (χ3v) is 4.12. The second kappa shape index (κ2) is 5.58. The van der Waals surface area contributed by atoms with Crippen molar-refractivity contribution in [1.29, 1.82) is 0 Å². The highest BCUT2D eigenvalue weighted by Crippen LogP contribution is 2.52. The van der Waals surface area contributed by atoms with Crippen LogP contribution in [0.2, 0.25) is 0 Å². The summed E-state index contributed by atoms with van der Waals surface area (Å²) in [7, 11) is 1.43. The van der Waals surface area contributed by atoms with E-state index in [-0.39, 0.29) is 5.97 Å². The summed E-state index contributed by atoms with van der Waals surface area (Å²) in [5.74, 6) is 0.707. The van der Waals surface area contributed by atoms with Crippen molar-refractivity contribution < 1.29 is 19.0 Å². The van der Waals surface area contributed by atoms with Crippen LogP contribution in [0.5, 0.6) is 11.5 Å². The van der Waals surface area contributed by atoms with Gasteiger partial charge in [-0.25, -0.2) is 0 Å². The summed E-state index contributed by atoms with van der Waals surface area (Å²) in [6.07, 6.45) is 2.44. The van der Waals surface area contributed by atoms with Gasteiger partial charge >= 0.3 is 5.97 Å². The van der Waals surface area contributed by atoms with E-state index in [1.807, 2.05) is 45.9 Å². The average molecular weight is 292 g/mol. The van der Waals surface area contributed by atoms with Crippen LogP contribution in [0.25, 0.3) is 0 Å². The minimum atomic E-state index is -0.594. The summed E-state index contributed by atoms with van der Waals surface area (Å²) >= 11 is 0. The molecule has 21 heavy (non-hydrogen) atoms. The fourth-order valence-corrected chi connectivity index (χ4v) is 2.53. The Balaban J connectivity index is 0.000000774. The van der Waals surface area contributed by atoms with Crippen molar-refractivity contribution in [3.8, 4) is 11.5 Å². The van der Waals surface area contributed by atoms with Crippen LogP contribution >= 0.6 is 0 Å². The number of ether oxygens (including phenoxy) is 3. The Labute approximate surface area is 126 Å². The van der Waals surface area contributed by atoms with Gasteiger partial charge in [-0.15, -0.1) is 0 Å². The van der Waals surface area contributed by atoms with Crippen molar-refractivity contribution in [2.75, 3.05) is 7.11 Å². The van der Waals surface area contributed by atoms with Gasteiger partial charge in [-0.05, 0) is 30.5 Å². The SMILES string of the molecule is CC.CCC1(C)Oc2ccc(C3(C(=O)OC)CC3)cc2O1. The number of carbonyl (C=O) groups excluding carboxylic acids is 1. The van der Waals surface area contributed by atoms with E-state index >= 15 is 0 Å². The van der Waals surface area contributed by atoms with Crippen LogP contribution in [0.4, 0.5) is 0 Å². The Bertz CT molecular complexity index is 534. The Kier molecular flexibility index (Phi) is 4.17. The summed E-state index contributed by atoms with van der Waals surface area (Å²) in [5.41, 5.74) is 0.500. The lowest BCUT2D eigenvalue weighted by Crippen LogP contribution is -2.33. The Morgan fingerprint density at radius 1 is 1.24 bits per heavy atom. The summed E-state index contributed by atoms with van der Waals surface area (Å²) in [5, 5.41) is 0. The zero-order valence-corrected chi connectivity index (χ0v) is 13.5. The molecule has 0 saturated heterocycles. The number of methoxy groups -OCH3 is 1. The lowest BCUT2D eigenvalue weighted by Gasteiger charge is -2.20. The van der Waals surface area contributed by atoms with E-state index in [0.717, 1.165) is 36.3 Å². The lowest BCUT2D eigenvalue weighted by molar-refractivity contribution is -0.143. The molecule has 0 amide bonds. The Morgan fingerprint density at radius 2 is 1.86 bits per heavy atom. The van der Waals surface area contributed by atoms with Crippen LogP contribution < -0.4 is 9.47 Å². The minimum absolute atomic E-state index is 0.162. The molecule has 0 aromatic heterocycles. The molecule has 4 heteroatoms. The van der Waals surface area contributed by atoms with E-state index in [1.54, 1.807) is 0 Å². The van der Waals surface area contributed by atoms with Gasteiger partial charge in [-0.2, -0.15) is 0 Å². The second-order valence-electron chi connectivity index (χ2n) is 5.43. The molecule has 1 aromatic rings. The Morgan fingerprint density at radius 3 is 2.38 bits per heavy atom. The molecule has 116 valence electrons. The molecule has 1 unspecified atom stereocenters. The fraction of sp³-hybridized carbons (Fsp3) is 0.588. The van der Waals surface area contributed by atoms with E-state index in [0.29, 0.717) is 0 Å². The molecule has 0 spiro atoms. The standard InChI is InChI=1S/C15H18O4.C2H6/c1-4-14(2)18-11-6-5-10(9-12(11)19-14)15(7-8-15)13(16)17-3;1-2/h5-6,9H,4,7-8H2,1-3H3;1-2H3. The normalized spacial score (nSPS) is 23.9. The van der Waals surface area contributed by atoms with Gasteiger partial charge in [0, 0.05) is 13.3 Å². The highest BCUT2D eigenvalue weighted by atomic mass is 16.7. The van der Waals surface area contributed by atoms with Crippen LogP contribution in [0, 0.1) is 0 Å². The van der Waals surface area contributed by atoms with Crippen molar-refractivity contribution in [2.24, 2.45) is 0 Å². The van der Waals surface area contributed by atoms with Crippen LogP contribution in [-0.4, -0.2) is 18.9 Å². The van der Waals surface area contributed by atoms with Gasteiger partial charge in [0.05, 0.1) is 12.5 Å². The Hall–Kier alpha value is -1.71. The van der Waals surface area contributed by atoms with Crippen molar-refractivity contribution in [3.05, 3.63) is 23.8 Å². The van der Waals surface area contributed by atoms with Crippen LogP contribution in [0.3, 0.4) is 0 Å². The van der Waals surface area contributed by atoms with Gasteiger partial charge in [0.1, 0.15) is 0 Å². The summed E-state index contributed by atoms with van der Waals surface area (Å²) in [4.78, 5) is 11.9.